The van der Waals surface area contributed by atoms with E-state index in [0.29, 0.717) is 13.2 Å². The molecule has 0 aliphatic carbocycles. The molecule has 0 aliphatic heterocycles. The van der Waals surface area contributed by atoms with Crippen LogP contribution in [0.1, 0.15) is 22.8 Å². The van der Waals surface area contributed by atoms with Crippen LogP contribution in [0.4, 0.5) is 0 Å². The minimum Gasteiger partial charge on any atom is -0.367 e. The van der Waals surface area contributed by atoms with Gasteiger partial charge in [-0.3, -0.25) is 0 Å². The van der Waals surface area contributed by atoms with E-state index in [1.54, 1.807) is 0 Å². The van der Waals surface area contributed by atoms with Crippen LogP contribution in [-0.2, 0) is 11.3 Å². The van der Waals surface area contributed by atoms with Crippen molar-refractivity contribution in [3.63, 3.8) is 0 Å². The second-order valence-corrected chi connectivity index (χ2v) is 4.89. The Balaban J connectivity index is 2.09. The molecule has 2 nitrogen and oxygen atoms in total. The Morgan fingerprint density at radius 1 is 1.11 bits per heavy atom. The van der Waals surface area contributed by atoms with E-state index in [1.807, 2.05) is 36.4 Å². The highest BCUT2D eigenvalue weighted by molar-refractivity contribution is 6.31. The van der Waals surface area contributed by atoms with Crippen LogP contribution in [0.25, 0.3) is 0 Å². The summed E-state index contributed by atoms with van der Waals surface area (Å²) in [5, 5.41) is 0.725. The largest absolute Gasteiger partial charge is 0.367 e. The van der Waals surface area contributed by atoms with E-state index in [2.05, 4.69) is 19.1 Å². The van der Waals surface area contributed by atoms with Gasteiger partial charge in [-0.05, 0) is 29.7 Å². The summed E-state index contributed by atoms with van der Waals surface area (Å²) in [5.41, 5.74) is 9.13. The summed E-state index contributed by atoms with van der Waals surface area (Å²) in [4.78, 5) is 0. The summed E-state index contributed by atoms with van der Waals surface area (Å²) in [6.45, 7) is 2.99. The Kier molecular flexibility index (Phi) is 4.97. The van der Waals surface area contributed by atoms with Crippen molar-refractivity contribution >= 4 is 11.6 Å². The first-order valence-corrected chi connectivity index (χ1v) is 6.70. The normalized spacial score (nSPS) is 12.4. The van der Waals surface area contributed by atoms with E-state index < -0.39 is 0 Å². The number of hydrogen-bond donors (Lipinski definition) is 1. The maximum Gasteiger partial charge on any atom is 0.0954 e. The highest BCUT2D eigenvalue weighted by Crippen LogP contribution is 2.23. The van der Waals surface area contributed by atoms with Gasteiger partial charge in [-0.1, -0.05) is 54.1 Å². The van der Waals surface area contributed by atoms with Crippen LogP contribution in [0.2, 0.25) is 5.02 Å². The van der Waals surface area contributed by atoms with Gasteiger partial charge >= 0.3 is 0 Å². The number of nitrogens with two attached hydrogens (primary N) is 1. The van der Waals surface area contributed by atoms with Crippen molar-refractivity contribution in [1.82, 2.24) is 0 Å². The molecule has 0 aromatic heterocycles. The molecule has 2 N–H and O–H groups in total. The van der Waals surface area contributed by atoms with E-state index in [-0.39, 0.29) is 6.10 Å². The zero-order valence-electron chi connectivity index (χ0n) is 11.0. The lowest BCUT2D eigenvalue weighted by molar-refractivity contribution is 0.0453. The Morgan fingerprint density at radius 2 is 1.79 bits per heavy atom. The third kappa shape index (κ3) is 3.57. The minimum absolute atomic E-state index is 0.0996. The summed E-state index contributed by atoms with van der Waals surface area (Å²) in [6.07, 6.45) is -0.0996. The first kappa shape index (κ1) is 14.1. The van der Waals surface area contributed by atoms with Gasteiger partial charge < -0.3 is 10.5 Å². The van der Waals surface area contributed by atoms with Crippen LogP contribution in [0, 0.1) is 6.92 Å². The van der Waals surface area contributed by atoms with Crippen molar-refractivity contribution in [2.45, 2.75) is 19.6 Å². The number of halogens is 1. The van der Waals surface area contributed by atoms with Gasteiger partial charge in [-0.2, -0.15) is 0 Å². The SMILES string of the molecule is Cc1ccccc1C(CN)OCc1ccccc1Cl. The lowest BCUT2D eigenvalue weighted by Crippen LogP contribution is -2.16. The maximum absolute atomic E-state index is 6.12. The second-order valence-electron chi connectivity index (χ2n) is 4.48. The molecule has 0 bridgehead atoms. The molecule has 0 saturated heterocycles. The Bertz CT molecular complexity index is 542. The zero-order chi connectivity index (χ0) is 13.7. The standard InChI is InChI=1S/C16H18ClNO/c1-12-6-2-4-8-14(12)16(10-18)19-11-13-7-3-5-9-15(13)17/h2-9,16H,10-11,18H2,1H3. The first-order chi connectivity index (χ1) is 9.22. The Morgan fingerprint density at radius 3 is 2.47 bits per heavy atom. The summed E-state index contributed by atoms with van der Waals surface area (Å²) in [6, 6.07) is 15.8. The molecule has 1 atom stereocenters. The van der Waals surface area contributed by atoms with Crippen molar-refractivity contribution in [1.29, 1.82) is 0 Å². The van der Waals surface area contributed by atoms with Crippen LogP contribution in [0.15, 0.2) is 48.5 Å². The van der Waals surface area contributed by atoms with Crippen molar-refractivity contribution in [2.75, 3.05) is 6.54 Å². The van der Waals surface area contributed by atoms with E-state index in [0.717, 1.165) is 16.1 Å². The van der Waals surface area contributed by atoms with Gasteiger partial charge in [-0.15, -0.1) is 0 Å². The van der Waals surface area contributed by atoms with Gasteiger partial charge in [0.25, 0.3) is 0 Å². The molecule has 3 heteroatoms. The van der Waals surface area contributed by atoms with E-state index in [4.69, 9.17) is 22.1 Å². The molecule has 0 heterocycles. The van der Waals surface area contributed by atoms with Crippen LogP contribution < -0.4 is 5.73 Å². The van der Waals surface area contributed by atoms with Crippen molar-refractivity contribution in [3.05, 3.63) is 70.2 Å². The third-order valence-electron chi connectivity index (χ3n) is 3.15. The molecule has 1 unspecified atom stereocenters. The average molecular weight is 276 g/mol. The monoisotopic (exact) mass is 275 g/mol. The molecular formula is C16H18ClNO. The predicted molar refractivity (Wildman–Crippen MR) is 79.2 cm³/mol. The number of benzene rings is 2. The van der Waals surface area contributed by atoms with Crippen LogP contribution in [-0.4, -0.2) is 6.54 Å². The molecule has 0 aliphatic rings. The van der Waals surface area contributed by atoms with Crippen molar-refractivity contribution < 1.29 is 4.74 Å². The summed E-state index contributed by atoms with van der Waals surface area (Å²) >= 11 is 6.12. The lowest BCUT2D eigenvalue weighted by atomic mass is 10.0. The minimum atomic E-state index is -0.0996. The van der Waals surface area contributed by atoms with Gasteiger partial charge in [0.05, 0.1) is 12.7 Å². The van der Waals surface area contributed by atoms with Gasteiger partial charge in [0, 0.05) is 11.6 Å². The summed E-state index contributed by atoms with van der Waals surface area (Å²) in [5.74, 6) is 0. The van der Waals surface area contributed by atoms with E-state index in [9.17, 15) is 0 Å². The van der Waals surface area contributed by atoms with Crippen molar-refractivity contribution in [3.8, 4) is 0 Å². The van der Waals surface area contributed by atoms with Crippen molar-refractivity contribution in [2.24, 2.45) is 5.73 Å². The zero-order valence-corrected chi connectivity index (χ0v) is 11.7. The molecule has 2 aromatic rings. The van der Waals surface area contributed by atoms with E-state index >= 15 is 0 Å². The number of ether oxygens (including phenoxy) is 1. The van der Waals surface area contributed by atoms with Crippen LogP contribution in [0.3, 0.4) is 0 Å². The fourth-order valence-corrected chi connectivity index (χ4v) is 2.23. The number of rotatable bonds is 5. The predicted octanol–water partition coefficient (Wildman–Crippen LogP) is 3.87. The Labute approximate surface area is 119 Å². The molecule has 0 amide bonds. The fourth-order valence-electron chi connectivity index (χ4n) is 2.04. The quantitative estimate of drug-likeness (QED) is 0.899. The highest BCUT2D eigenvalue weighted by atomic mass is 35.5. The Hall–Kier alpha value is -1.35. The number of aryl methyl sites for hydroxylation is 1. The topological polar surface area (TPSA) is 35.2 Å². The maximum atomic E-state index is 6.12. The van der Waals surface area contributed by atoms with Crippen LogP contribution in [0.5, 0.6) is 0 Å². The fraction of sp³-hybridized carbons (Fsp3) is 0.250. The van der Waals surface area contributed by atoms with Gasteiger partial charge in [0.2, 0.25) is 0 Å². The third-order valence-corrected chi connectivity index (χ3v) is 3.52. The van der Waals surface area contributed by atoms with Gasteiger partial charge in [0.15, 0.2) is 0 Å². The molecule has 0 radical (unpaired) electrons. The molecule has 2 aromatic carbocycles. The molecule has 19 heavy (non-hydrogen) atoms. The first-order valence-electron chi connectivity index (χ1n) is 6.33. The van der Waals surface area contributed by atoms with E-state index in [1.165, 1.54) is 5.56 Å². The molecule has 2 rings (SSSR count). The van der Waals surface area contributed by atoms with Gasteiger partial charge in [-0.25, -0.2) is 0 Å². The lowest BCUT2D eigenvalue weighted by Gasteiger charge is -2.19. The smallest absolute Gasteiger partial charge is 0.0954 e. The highest BCUT2D eigenvalue weighted by Gasteiger charge is 2.13. The molecule has 100 valence electrons. The average Bonchev–Trinajstić information content (AvgIpc) is 2.43. The molecule has 0 saturated carbocycles. The summed E-state index contributed by atoms with van der Waals surface area (Å²) < 4.78 is 5.92. The molecule has 0 spiro atoms. The molecular weight excluding hydrogens is 258 g/mol. The molecule has 0 fully saturated rings. The number of hydrogen-bond acceptors (Lipinski definition) is 2. The van der Waals surface area contributed by atoms with Gasteiger partial charge in [0.1, 0.15) is 0 Å². The summed E-state index contributed by atoms with van der Waals surface area (Å²) in [7, 11) is 0. The van der Waals surface area contributed by atoms with Crippen LogP contribution >= 0.6 is 11.6 Å². The second kappa shape index (κ2) is 6.71.